The Kier molecular flexibility index (Phi) is 9.10. The summed E-state index contributed by atoms with van der Waals surface area (Å²) in [4.78, 5) is 9.97. The minimum atomic E-state index is -0.824. The molecule has 0 bridgehead atoms. The van der Waals surface area contributed by atoms with Crippen molar-refractivity contribution in [3.8, 4) is 16.6 Å². The van der Waals surface area contributed by atoms with Gasteiger partial charge in [0.15, 0.2) is 6.29 Å². The molecular weight excluding hydrogens is 355 g/mol. The molecule has 3 nitrogen and oxygen atoms in total. The van der Waals surface area contributed by atoms with Crippen LogP contribution in [0.4, 0.5) is 14.5 Å². The average molecular weight is 377 g/mol. The van der Waals surface area contributed by atoms with Crippen LogP contribution in [0.15, 0.2) is 54.3 Å². The number of halogens is 2. The summed E-state index contributed by atoms with van der Waals surface area (Å²) in [6, 6.07) is 13.1. The Hall–Kier alpha value is -2.65. The number of rotatable bonds is 3. The van der Waals surface area contributed by atoms with Gasteiger partial charge in [-0.05, 0) is 41.7 Å². The summed E-state index contributed by atoms with van der Waals surface area (Å²) in [5, 5.41) is 13.7. The first kappa shape index (κ1) is 21.4. The minimum absolute atomic E-state index is 0.157. The quantitative estimate of drug-likeness (QED) is 0.556. The summed E-state index contributed by atoms with van der Waals surface area (Å²) >= 11 is 0. The first-order valence-electron chi connectivity index (χ1n) is 8.10. The maximum absolute atomic E-state index is 12.4. The van der Waals surface area contributed by atoms with E-state index in [1.165, 1.54) is 6.07 Å². The Bertz CT molecular complexity index is 797. The smallest absolute Gasteiger partial charge is 0.155 e. The monoisotopic (exact) mass is 377 g/mol. The number of benzene rings is 2. The van der Waals surface area contributed by atoms with E-state index in [-0.39, 0.29) is 6.29 Å². The molecule has 0 fully saturated rings. The lowest BCUT2D eigenvalue weighted by Gasteiger charge is -2.02. The molecule has 0 amide bonds. The SMILES string of the molecule is CC.CNc1ccc(-c2[pH]ccc2O)cc1.O=Cc1c(F)cccc1F. The third-order valence-corrected chi connectivity index (χ3v) is 4.47. The highest BCUT2D eigenvalue weighted by atomic mass is 31.0. The number of hydrogen-bond donors (Lipinski definition) is 2. The maximum atomic E-state index is 12.4. The number of carbonyl (C=O) groups is 1. The largest absolute Gasteiger partial charge is 0.507 e. The van der Waals surface area contributed by atoms with Crippen molar-refractivity contribution < 1.29 is 18.7 Å². The van der Waals surface area contributed by atoms with Crippen molar-refractivity contribution in [2.75, 3.05) is 12.4 Å². The van der Waals surface area contributed by atoms with Crippen molar-refractivity contribution in [1.82, 2.24) is 0 Å². The number of anilines is 1. The molecule has 1 atom stereocenters. The maximum Gasteiger partial charge on any atom is 0.155 e. The zero-order valence-corrected chi connectivity index (χ0v) is 15.9. The Balaban J connectivity index is 0.000000249. The molecule has 1 unspecified atom stereocenters. The van der Waals surface area contributed by atoms with Gasteiger partial charge in [-0.1, -0.05) is 32.0 Å². The highest BCUT2D eigenvalue weighted by Gasteiger charge is 2.05. The van der Waals surface area contributed by atoms with Gasteiger partial charge in [-0.15, -0.1) is 8.19 Å². The second-order valence-electron chi connectivity index (χ2n) is 4.82. The van der Waals surface area contributed by atoms with Crippen LogP contribution in [0.2, 0.25) is 0 Å². The second kappa shape index (κ2) is 11.1. The summed E-state index contributed by atoms with van der Waals surface area (Å²) in [5.41, 5.74) is 1.68. The molecule has 2 N–H and O–H groups in total. The van der Waals surface area contributed by atoms with Gasteiger partial charge < -0.3 is 10.4 Å². The van der Waals surface area contributed by atoms with E-state index in [1.807, 2.05) is 51.0 Å². The molecule has 0 aliphatic carbocycles. The van der Waals surface area contributed by atoms with Crippen LogP contribution < -0.4 is 5.32 Å². The third kappa shape index (κ3) is 5.71. The molecule has 26 heavy (non-hydrogen) atoms. The minimum Gasteiger partial charge on any atom is -0.507 e. The summed E-state index contributed by atoms with van der Waals surface area (Å²) in [6.07, 6.45) is 0.157. The first-order valence-corrected chi connectivity index (χ1v) is 9.18. The molecule has 6 heteroatoms. The molecule has 3 aromatic rings. The fraction of sp³-hybridized carbons (Fsp3) is 0.150. The van der Waals surface area contributed by atoms with Gasteiger partial charge in [-0.2, -0.15) is 0 Å². The van der Waals surface area contributed by atoms with Crippen LogP contribution in [0.5, 0.6) is 5.75 Å². The zero-order valence-electron chi connectivity index (χ0n) is 14.9. The van der Waals surface area contributed by atoms with Crippen molar-refractivity contribution in [3.63, 3.8) is 0 Å². The van der Waals surface area contributed by atoms with Gasteiger partial charge in [-0.3, -0.25) is 4.79 Å². The summed E-state index contributed by atoms with van der Waals surface area (Å²) in [7, 11) is 2.48. The Morgan fingerprint density at radius 3 is 1.96 bits per heavy atom. The van der Waals surface area contributed by atoms with Crippen molar-refractivity contribution in [3.05, 3.63) is 71.5 Å². The van der Waals surface area contributed by atoms with Crippen LogP contribution in [-0.2, 0) is 0 Å². The molecule has 0 saturated carbocycles. The molecule has 2 aromatic carbocycles. The van der Waals surface area contributed by atoms with Gasteiger partial charge in [0.2, 0.25) is 0 Å². The molecule has 3 rings (SSSR count). The van der Waals surface area contributed by atoms with Gasteiger partial charge >= 0.3 is 0 Å². The summed E-state index contributed by atoms with van der Waals surface area (Å²) in [6.45, 7) is 4.00. The molecule has 1 heterocycles. The summed E-state index contributed by atoms with van der Waals surface area (Å²) in [5.74, 6) is 0.752. The van der Waals surface area contributed by atoms with E-state index in [9.17, 15) is 18.7 Å². The Labute approximate surface area is 153 Å². The van der Waals surface area contributed by atoms with E-state index in [0.717, 1.165) is 28.7 Å². The van der Waals surface area contributed by atoms with Crippen molar-refractivity contribution in [1.29, 1.82) is 0 Å². The van der Waals surface area contributed by atoms with E-state index in [2.05, 4.69) is 5.32 Å². The van der Waals surface area contributed by atoms with Crippen molar-refractivity contribution in [2.24, 2.45) is 0 Å². The van der Waals surface area contributed by atoms with Crippen LogP contribution in [0, 0.1) is 11.6 Å². The van der Waals surface area contributed by atoms with E-state index in [1.54, 1.807) is 6.07 Å². The van der Waals surface area contributed by atoms with E-state index in [4.69, 9.17) is 0 Å². The van der Waals surface area contributed by atoms with Crippen LogP contribution in [0.1, 0.15) is 24.2 Å². The van der Waals surface area contributed by atoms with Gasteiger partial charge in [0.05, 0.1) is 5.56 Å². The number of aromatic hydroxyl groups is 1. The third-order valence-electron chi connectivity index (χ3n) is 3.30. The van der Waals surface area contributed by atoms with E-state index >= 15 is 0 Å². The molecular formula is C20H22F2NO2P. The lowest BCUT2D eigenvalue weighted by atomic mass is 10.1. The van der Waals surface area contributed by atoms with E-state index in [0.29, 0.717) is 13.9 Å². The van der Waals surface area contributed by atoms with E-state index < -0.39 is 17.2 Å². The molecule has 0 aliphatic heterocycles. The first-order chi connectivity index (χ1) is 12.6. The Morgan fingerprint density at radius 1 is 1.00 bits per heavy atom. The zero-order chi connectivity index (χ0) is 19.5. The van der Waals surface area contributed by atoms with Gasteiger partial charge in [-0.25, -0.2) is 8.78 Å². The number of hydrogen-bond acceptors (Lipinski definition) is 3. The highest BCUT2D eigenvalue weighted by molar-refractivity contribution is 7.33. The number of carbonyl (C=O) groups excluding carboxylic acids is 1. The van der Waals surface area contributed by atoms with Crippen LogP contribution in [-0.4, -0.2) is 18.4 Å². The second-order valence-corrected chi connectivity index (χ2v) is 5.94. The van der Waals surface area contributed by atoms with Crippen molar-refractivity contribution in [2.45, 2.75) is 13.8 Å². The van der Waals surface area contributed by atoms with Crippen molar-refractivity contribution >= 4 is 20.2 Å². The molecule has 138 valence electrons. The molecule has 0 aliphatic rings. The van der Waals surface area contributed by atoms with Gasteiger partial charge in [0, 0.05) is 18.0 Å². The molecule has 0 radical (unpaired) electrons. The van der Waals surface area contributed by atoms with Gasteiger partial charge in [0.25, 0.3) is 0 Å². The topological polar surface area (TPSA) is 49.3 Å². The molecule has 0 spiro atoms. The highest BCUT2D eigenvalue weighted by Crippen LogP contribution is 2.37. The number of nitrogens with one attached hydrogen (secondary N) is 1. The summed E-state index contributed by atoms with van der Waals surface area (Å²) < 4.78 is 24.8. The lowest BCUT2D eigenvalue weighted by molar-refractivity contribution is 0.111. The average Bonchev–Trinajstić information content (AvgIpc) is 3.10. The normalized spacial score (nSPS) is 9.58. The number of aldehydes is 1. The molecule has 1 aromatic heterocycles. The lowest BCUT2D eigenvalue weighted by Crippen LogP contribution is -1.91. The van der Waals surface area contributed by atoms with Crippen LogP contribution >= 0.6 is 8.19 Å². The fourth-order valence-electron chi connectivity index (χ4n) is 2.02. The standard InChI is InChI=1S/C11H12NOP.C7H4F2O.C2H6/c1-12-9-4-2-8(3-5-9)11-10(13)6-7-14-11;8-6-2-1-3-7(9)5(6)4-10;1-2/h2-7,12-14H,1H3;1-4H;1-2H3. The van der Waals surface area contributed by atoms with Crippen LogP contribution in [0.25, 0.3) is 10.9 Å². The molecule has 0 saturated heterocycles. The predicted octanol–water partition coefficient (Wildman–Crippen LogP) is 5.94. The Morgan fingerprint density at radius 2 is 1.58 bits per heavy atom. The van der Waals surface area contributed by atoms with Gasteiger partial charge in [0.1, 0.15) is 17.4 Å². The van der Waals surface area contributed by atoms with Crippen LogP contribution in [0.3, 0.4) is 0 Å². The fourth-order valence-corrected chi connectivity index (χ4v) is 2.99. The predicted molar refractivity (Wildman–Crippen MR) is 106 cm³/mol.